The monoisotopic (exact) mass is 224 g/mol. The molecule has 0 N–H and O–H groups in total. The Kier molecular flexibility index (Phi) is 8.70. The molecule has 0 heteroatoms. The number of hydrogen-bond donors (Lipinski definition) is 0. The minimum atomic E-state index is 0.846. The number of rotatable bonds is 8. The first-order valence-corrected chi connectivity index (χ1v) is 7.20. The second-order valence-electron chi connectivity index (χ2n) is 5.56. The fourth-order valence-electron chi connectivity index (χ4n) is 2.08. The molecule has 0 saturated carbocycles. The van der Waals surface area contributed by atoms with E-state index in [0.717, 1.165) is 11.8 Å². The van der Waals surface area contributed by atoms with E-state index >= 15 is 0 Å². The van der Waals surface area contributed by atoms with Crippen LogP contribution >= 0.6 is 0 Å². The van der Waals surface area contributed by atoms with Crippen molar-refractivity contribution in [3.63, 3.8) is 0 Å². The van der Waals surface area contributed by atoms with E-state index in [1.807, 2.05) is 0 Å². The van der Waals surface area contributed by atoms with Gasteiger partial charge in [0.25, 0.3) is 0 Å². The molecule has 1 unspecified atom stereocenters. The van der Waals surface area contributed by atoms with Crippen LogP contribution in [-0.4, -0.2) is 0 Å². The Bertz CT molecular complexity index is 198. The van der Waals surface area contributed by atoms with Gasteiger partial charge in [0.15, 0.2) is 0 Å². The first-order chi connectivity index (χ1) is 7.52. The van der Waals surface area contributed by atoms with Crippen LogP contribution in [0.15, 0.2) is 11.1 Å². The van der Waals surface area contributed by atoms with Crippen LogP contribution in [0.25, 0.3) is 0 Å². The molecular weight excluding hydrogens is 192 g/mol. The van der Waals surface area contributed by atoms with Gasteiger partial charge in [0.2, 0.25) is 0 Å². The normalized spacial score (nSPS) is 15.2. The summed E-state index contributed by atoms with van der Waals surface area (Å²) in [5.41, 5.74) is 3.33. The fourth-order valence-corrected chi connectivity index (χ4v) is 2.08. The third-order valence-corrected chi connectivity index (χ3v) is 4.09. The molecule has 0 aromatic rings. The average molecular weight is 224 g/mol. The number of unbranched alkanes of at least 4 members (excludes halogenated alkanes) is 1. The average Bonchev–Trinajstić information content (AvgIpc) is 2.27. The smallest absolute Gasteiger partial charge is 0.0318 e. The first-order valence-electron chi connectivity index (χ1n) is 7.20. The highest BCUT2D eigenvalue weighted by molar-refractivity contribution is 5.10. The highest BCUT2D eigenvalue weighted by Gasteiger charge is 2.06. The molecule has 0 bridgehead atoms. The van der Waals surface area contributed by atoms with Gasteiger partial charge in [-0.05, 0) is 44.4 Å². The van der Waals surface area contributed by atoms with E-state index in [9.17, 15) is 0 Å². The summed E-state index contributed by atoms with van der Waals surface area (Å²) >= 11 is 0. The second kappa shape index (κ2) is 8.84. The third kappa shape index (κ3) is 6.35. The standard InChI is InChI=1S/C16H32/c1-7-14(5)16(8-2)12-10-9-11-15(6)13(3)4/h13,15H,7-12H2,1-6H3. The topological polar surface area (TPSA) is 0 Å². The van der Waals surface area contributed by atoms with Gasteiger partial charge in [-0.2, -0.15) is 0 Å². The zero-order valence-electron chi connectivity index (χ0n) is 12.4. The Morgan fingerprint density at radius 2 is 1.56 bits per heavy atom. The maximum absolute atomic E-state index is 2.39. The Morgan fingerprint density at radius 3 is 2.00 bits per heavy atom. The van der Waals surface area contributed by atoms with Gasteiger partial charge in [-0.1, -0.05) is 58.6 Å². The van der Waals surface area contributed by atoms with Crippen molar-refractivity contribution >= 4 is 0 Å². The van der Waals surface area contributed by atoms with Crippen LogP contribution in [0.3, 0.4) is 0 Å². The highest BCUT2D eigenvalue weighted by atomic mass is 14.1. The van der Waals surface area contributed by atoms with Gasteiger partial charge in [0.05, 0.1) is 0 Å². The largest absolute Gasteiger partial charge is 0.0744 e. The summed E-state index contributed by atoms with van der Waals surface area (Å²) in [4.78, 5) is 0. The quantitative estimate of drug-likeness (QED) is 0.351. The van der Waals surface area contributed by atoms with Gasteiger partial charge in [0.1, 0.15) is 0 Å². The van der Waals surface area contributed by atoms with Gasteiger partial charge >= 0.3 is 0 Å². The predicted octanol–water partition coefficient (Wildman–Crippen LogP) is 5.98. The Labute approximate surface area is 104 Å². The lowest BCUT2D eigenvalue weighted by Crippen LogP contribution is -2.03. The number of hydrogen-bond acceptors (Lipinski definition) is 0. The van der Waals surface area contributed by atoms with E-state index in [0.29, 0.717) is 0 Å². The van der Waals surface area contributed by atoms with Crippen molar-refractivity contribution in [2.45, 2.75) is 80.1 Å². The summed E-state index contributed by atoms with van der Waals surface area (Å²) in [5, 5.41) is 0. The molecule has 96 valence electrons. The lowest BCUT2D eigenvalue weighted by Gasteiger charge is -2.15. The van der Waals surface area contributed by atoms with E-state index in [1.54, 1.807) is 11.1 Å². The van der Waals surface area contributed by atoms with Gasteiger partial charge in [0, 0.05) is 0 Å². The number of allylic oxidation sites excluding steroid dienone is 2. The molecule has 16 heavy (non-hydrogen) atoms. The van der Waals surface area contributed by atoms with Gasteiger partial charge in [-0.15, -0.1) is 0 Å². The SMILES string of the molecule is CCC(C)=C(CC)CCCCC(C)C(C)C. The van der Waals surface area contributed by atoms with Crippen LogP contribution in [0.5, 0.6) is 0 Å². The molecule has 0 aromatic heterocycles. The Balaban J connectivity index is 3.81. The molecule has 0 spiro atoms. The molecule has 0 heterocycles. The third-order valence-electron chi connectivity index (χ3n) is 4.09. The molecule has 0 aliphatic heterocycles. The fraction of sp³-hybridized carbons (Fsp3) is 0.875. The zero-order valence-corrected chi connectivity index (χ0v) is 12.4. The lowest BCUT2D eigenvalue weighted by atomic mass is 9.91. The molecule has 1 atom stereocenters. The van der Waals surface area contributed by atoms with E-state index in [4.69, 9.17) is 0 Å². The van der Waals surface area contributed by atoms with E-state index < -0.39 is 0 Å². The molecular formula is C16H32. The molecule has 0 fully saturated rings. The van der Waals surface area contributed by atoms with Gasteiger partial charge in [-0.3, -0.25) is 0 Å². The van der Waals surface area contributed by atoms with Gasteiger partial charge in [-0.25, -0.2) is 0 Å². The zero-order chi connectivity index (χ0) is 12.6. The van der Waals surface area contributed by atoms with E-state index in [1.165, 1.54) is 38.5 Å². The second-order valence-corrected chi connectivity index (χ2v) is 5.56. The molecule has 0 aromatic carbocycles. The first kappa shape index (κ1) is 15.7. The molecule has 0 saturated heterocycles. The molecule has 0 aliphatic carbocycles. The van der Waals surface area contributed by atoms with Crippen molar-refractivity contribution in [3.8, 4) is 0 Å². The summed E-state index contributed by atoms with van der Waals surface area (Å²) in [5.74, 6) is 1.74. The van der Waals surface area contributed by atoms with Gasteiger partial charge < -0.3 is 0 Å². The van der Waals surface area contributed by atoms with Crippen molar-refractivity contribution < 1.29 is 0 Å². The Hall–Kier alpha value is -0.260. The molecule has 0 amide bonds. The minimum Gasteiger partial charge on any atom is -0.0744 e. The van der Waals surface area contributed by atoms with Crippen LogP contribution in [-0.2, 0) is 0 Å². The van der Waals surface area contributed by atoms with Crippen molar-refractivity contribution in [2.75, 3.05) is 0 Å². The highest BCUT2D eigenvalue weighted by Crippen LogP contribution is 2.22. The van der Waals surface area contributed by atoms with E-state index in [2.05, 4.69) is 41.5 Å². The summed E-state index contributed by atoms with van der Waals surface area (Å²) in [7, 11) is 0. The van der Waals surface area contributed by atoms with Crippen LogP contribution in [0, 0.1) is 11.8 Å². The molecule has 0 radical (unpaired) electrons. The van der Waals surface area contributed by atoms with Crippen molar-refractivity contribution in [1.29, 1.82) is 0 Å². The maximum Gasteiger partial charge on any atom is -0.0318 e. The molecule has 0 nitrogen and oxygen atoms in total. The molecule has 0 rings (SSSR count). The summed E-state index contributed by atoms with van der Waals surface area (Å²) in [6.45, 7) is 13.9. The minimum absolute atomic E-state index is 0.846. The summed E-state index contributed by atoms with van der Waals surface area (Å²) < 4.78 is 0. The van der Waals surface area contributed by atoms with Crippen molar-refractivity contribution in [2.24, 2.45) is 11.8 Å². The maximum atomic E-state index is 2.39. The lowest BCUT2D eigenvalue weighted by molar-refractivity contribution is 0.378. The van der Waals surface area contributed by atoms with Crippen LogP contribution in [0.1, 0.15) is 80.1 Å². The van der Waals surface area contributed by atoms with Crippen molar-refractivity contribution in [1.82, 2.24) is 0 Å². The van der Waals surface area contributed by atoms with Crippen molar-refractivity contribution in [3.05, 3.63) is 11.1 Å². The van der Waals surface area contributed by atoms with Crippen LogP contribution in [0.2, 0.25) is 0 Å². The Morgan fingerprint density at radius 1 is 0.938 bits per heavy atom. The summed E-state index contributed by atoms with van der Waals surface area (Å²) in [6, 6.07) is 0. The predicted molar refractivity (Wildman–Crippen MR) is 75.8 cm³/mol. The molecule has 0 aliphatic rings. The van der Waals surface area contributed by atoms with E-state index in [-0.39, 0.29) is 0 Å². The van der Waals surface area contributed by atoms with Crippen LogP contribution in [0.4, 0.5) is 0 Å². The van der Waals surface area contributed by atoms with Crippen LogP contribution < -0.4 is 0 Å². The summed E-state index contributed by atoms with van der Waals surface area (Å²) in [6.07, 6.45) is 8.00.